The van der Waals surface area contributed by atoms with Gasteiger partial charge in [0.1, 0.15) is 5.58 Å². The molecule has 140 valence electrons. The van der Waals surface area contributed by atoms with E-state index >= 15 is 0 Å². The lowest BCUT2D eigenvalue weighted by atomic mass is 10.1. The van der Waals surface area contributed by atoms with Crippen LogP contribution in [0, 0.1) is 0 Å². The molecule has 1 aromatic heterocycles. The predicted octanol–water partition coefficient (Wildman–Crippen LogP) is 4.98. The van der Waals surface area contributed by atoms with E-state index in [0.717, 1.165) is 22.6 Å². The maximum atomic E-state index is 12.8. The zero-order valence-electron chi connectivity index (χ0n) is 15.5. The second-order valence-corrected chi connectivity index (χ2v) is 6.56. The molecule has 2 N–H and O–H groups in total. The van der Waals surface area contributed by atoms with Crippen molar-refractivity contribution < 1.29 is 14.0 Å². The van der Waals surface area contributed by atoms with Gasteiger partial charge in [0, 0.05) is 11.9 Å². The topological polar surface area (TPSA) is 71.3 Å². The SMILES string of the molecule is CCCNC(=O)c1ccccc1NC(=O)c1cc2c(ccc3ccccc32)o1. The van der Waals surface area contributed by atoms with Crippen LogP contribution in [0.15, 0.2) is 71.1 Å². The Balaban J connectivity index is 1.64. The molecule has 5 nitrogen and oxygen atoms in total. The average molecular weight is 372 g/mol. The van der Waals surface area contributed by atoms with Crippen molar-refractivity contribution >= 4 is 39.2 Å². The van der Waals surface area contributed by atoms with Gasteiger partial charge >= 0.3 is 0 Å². The fourth-order valence-electron chi connectivity index (χ4n) is 3.21. The standard InChI is InChI=1S/C23H20N2O3/c1-2-13-24-22(26)17-9-5-6-10-19(17)25-23(27)21-14-18-16-8-4-3-7-15(16)11-12-20(18)28-21/h3-12,14H,2,13H2,1H3,(H,24,26)(H,25,27). The molecule has 0 saturated carbocycles. The summed E-state index contributed by atoms with van der Waals surface area (Å²) >= 11 is 0. The minimum Gasteiger partial charge on any atom is -0.451 e. The molecule has 4 rings (SSSR count). The highest BCUT2D eigenvalue weighted by molar-refractivity contribution is 6.12. The van der Waals surface area contributed by atoms with E-state index in [1.165, 1.54) is 0 Å². The van der Waals surface area contributed by atoms with Gasteiger partial charge in [0.25, 0.3) is 11.8 Å². The molecule has 3 aromatic carbocycles. The van der Waals surface area contributed by atoms with Crippen LogP contribution >= 0.6 is 0 Å². The zero-order valence-corrected chi connectivity index (χ0v) is 15.5. The molecule has 0 radical (unpaired) electrons. The number of fused-ring (bicyclic) bond motifs is 3. The van der Waals surface area contributed by atoms with Crippen LogP contribution in [-0.4, -0.2) is 18.4 Å². The Morgan fingerprint density at radius 1 is 0.893 bits per heavy atom. The number of carbonyl (C=O) groups excluding carboxylic acids is 2. The van der Waals surface area contributed by atoms with Crippen molar-refractivity contribution in [2.45, 2.75) is 13.3 Å². The normalized spacial score (nSPS) is 10.9. The second kappa shape index (κ2) is 7.56. The summed E-state index contributed by atoms with van der Waals surface area (Å²) in [4.78, 5) is 25.1. The Morgan fingerprint density at radius 2 is 1.68 bits per heavy atom. The molecule has 2 amide bonds. The highest BCUT2D eigenvalue weighted by atomic mass is 16.3. The third-order valence-corrected chi connectivity index (χ3v) is 4.61. The van der Waals surface area contributed by atoms with Crippen LogP contribution in [0.5, 0.6) is 0 Å². The van der Waals surface area contributed by atoms with E-state index in [2.05, 4.69) is 10.6 Å². The quantitative estimate of drug-likeness (QED) is 0.519. The lowest BCUT2D eigenvalue weighted by molar-refractivity contribution is 0.0954. The Hall–Kier alpha value is -3.60. The number of furan rings is 1. The van der Waals surface area contributed by atoms with Crippen LogP contribution in [0.25, 0.3) is 21.7 Å². The third kappa shape index (κ3) is 3.34. The van der Waals surface area contributed by atoms with Gasteiger partial charge < -0.3 is 15.1 Å². The van der Waals surface area contributed by atoms with Gasteiger partial charge in [-0.25, -0.2) is 0 Å². The van der Waals surface area contributed by atoms with Gasteiger partial charge in [-0.15, -0.1) is 0 Å². The first-order valence-electron chi connectivity index (χ1n) is 9.27. The molecular formula is C23H20N2O3. The van der Waals surface area contributed by atoms with Crippen molar-refractivity contribution in [3.05, 3.63) is 78.1 Å². The Bertz CT molecular complexity index is 1180. The van der Waals surface area contributed by atoms with Crippen LogP contribution in [0.3, 0.4) is 0 Å². The molecule has 0 aliphatic rings. The largest absolute Gasteiger partial charge is 0.451 e. The van der Waals surface area contributed by atoms with E-state index in [-0.39, 0.29) is 11.7 Å². The third-order valence-electron chi connectivity index (χ3n) is 4.61. The predicted molar refractivity (Wildman–Crippen MR) is 111 cm³/mol. The molecule has 0 aliphatic carbocycles. The molecular weight excluding hydrogens is 352 g/mol. The van der Waals surface area contributed by atoms with Gasteiger partial charge in [-0.3, -0.25) is 9.59 Å². The van der Waals surface area contributed by atoms with Gasteiger partial charge in [0.2, 0.25) is 0 Å². The average Bonchev–Trinajstić information content (AvgIpc) is 3.17. The fourth-order valence-corrected chi connectivity index (χ4v) is 3.21. The van der Waals surface area contributed by atoms with Crippen molar-refractivity contribution in [3.8, 4) is 0 Å². The summed E-state index contributed by atoms with van der Waals surface area (Å²) in [7, 11) is 0. The summed E-state index contributed by atoms with van der Waals surface area (Å²) in [5.74, 6) is -0.403. The van der Waals surface area contributed by atoms with Gasteiger partial charge in [-0.05, 0) is 41.5 Å². The van der Waals surface area contributed by atoms with Crippen molar-refractivity contribution in [1.82, 2.24) is 5.32 Å². The lowest BCUT2D eigenvalue weighted by Crippen LogP contribution is -2.25. The number of nitrogens with one attached hydrogen (secondary N) is 2. The maximum Gasteiger partial charge on any atom is 0.291 e. The van der Waals surface area contributed by atoms with Crippen LogP contribution in [-0.2, 0) is 0 Å². The monoisotopic (exact) mass is 372 g/mol. The highest BCUT2D eigenvalue weighted by Crippen LogP contribution is 2.28. The van der Waals surface area contributed by atoms with Gasteiger partial charge in [0.05, 0.1) is 11.3 Å². The number of benzene rings is 3. The number of rotatable bonds is 5. The molecule has 1 heterocycles. The number of hydrogen-bond donors (Lipinski definition) is 2. The first kappa shape index (κ1) is 17.8. The Kier molecular flexibility index (Phi) is 4.81. The Morgan fingerprint density at radius 3 is 2.54 bits per heavy atom. The number of anilines is 1. The van der Waals surface area contributed by atoms with Gasteiger partial charge in [-0.2, -0.15) is 0 Å². The van der Waals surface area contributed by atoms with Gasteiger partial charge in [0.15, 0.2) is 5.76 Å². The van der Waals surface area contributed by atoms with E-state index in [4.69, 9.17) is 4.42 Å². The van der Waals surface area contributed by atoms with Crippen molar-refractivity contribution in [3.63, 3.8) is 0 Å². The molecule has 0 atom stereocenters. The molecule has 0 spiro atoms. The minimum absolute atomic E-state index is 0.204. The molecule has 4 aromatic rings. The van der Waals surface area contributed by atoms with Crippen LogP contribution in [0.2, 0.25) is 0 Å². The summed E-state index contributed by atoms with van der Waals surface area (Å²) in [5, 5.41) is 8.63. The molecule has 0 fully saturated rings. The van der Waals surface area contributed by atoms with E-state index in [1.54, 1.807) is 30.3 Å². The number of hydrogen-bond acceptors (Lipinski definition) is 3. The van der Waals surface area contributed by atoms with E-state index < -0.39 is 5.91 Å². The van der Waals surface area contributed by atoms with E-state index in [1.807, 2.05) is 43.3 Å². The highest BCUT2D eigenvalue weighted by Gasteiger charge is 2.17. The zero-order chi connectivity index (χ0) is 19.5. The molecule has 5 heteroatoms. The number of carbonyl (C=O) groups is 2. The Labute approximate surface area is 162 Å². The first-order chi connectivity index (χ1) is 13.7. The molecule has 0 unspecified atom stereocenters. The smallest absolute Gasteiger partial charge is 0.291 e. The lowest BCUT2D eigenvalue weighted by Gasteiger charge is -2.10. The summed E-state index contributed by atoms with van der Waals surface area (Å²) < 4.78 is 5.76. The summed E-state index contributed by atoms with van der Waals surface area (Å²) in [6, 6.07) is 20.5. The first-order valence-corrected chi connectivity index (χ1v) is 9.27. The fraction of sp³-hybridized carbons (Fsp3) is 0.130. The summed E-state index contributed by atoms with van der Waals surface area (Å²) in [6.45, 7) is 2.57. The van der Waals surface area contributed by atoms with Crippen LogP contribution < -0.4 is 10.6 Å². The van der Waals surface area contributed by atoms with Crippen LogP contribution in [0.1, 0.15) is 34.3 Å². The minimum atomic E-state index is -0.393. The number of para-hydroxylation sites is 1. The molecule has 0 bridgehead atoms. The molecule has 0 aliphatic heterocycles. The number of amides is 2. The second-order valence-electron chi connectivity index (χ2n) is 6.56. The van der Waals surface area contributed by atoms with Crippen molar-refractivity contribution in [1.29, 1.82) is 0 Å². The summed E-state index contributed by atoms with van der Waals surface area (Å²) in [5.41, 5.74) is 1.52. The summed E-state index contributed by atoms with van der Waals surface area (Å²) in [6.07, 6.45) is 0.840. The van der Waals surface area contributed by atoms with E-state index in [0.29, 0.717) is 23.4 Å². The maximum absolute atomic E-state index is 12.8. The molecule has 28 heavy (non-hydrogen) atoms. The van der Waals surface area contributed by atoms with Crippen molar-refractivity contribution in [2.75, 3.05) is 11.9 Å². The van der Waals surface area contributed by atoms with Crippen LogP contribution in [0.4, 0.5) is 5.69 Å². The van der Waals surface area contributed by atoms with E-state index in [9.17, 15) is 9.59 Å². The van der Waals surface area contributed by atoms with Gasteiger partial charge in [-0.1, -0.05) is 49.4 Å². The van der Waals surface area contributed by atoms with Crippen molar-refractivity contribution in [2.24, 2.45) is 0 Å². The molecule has 0 saturated heterocycles.